The molecular weight excluding hydrogens is 305 g/mol. The van der Waals surface area contributed by atoms with Gasteiger partial charge in [0.1, 0.15) is 11.6 Å². The first-order valence-electron chi connectivity index (χ1n) is 8.34. The van der Waals surface area contributed by atoms with Gasteiger partial charge in [-0.3, -0.25) is 0 Å². The van der Waals surface area contributed by atoms with Crippen LogP contribution in [0.5, 0.6) is 0 Å². The largest absolute Gasteiger partial charge is 0.368 e. The predicted molar refractivity (Wildman–Crippen MR) is 93.2 cm³/mol. The van der Waals surface area contributed by atoms with Gasteiger partial charge in [-0.1, -0.05) is 6.92 Å². The number of rotatable bonds is 3. The summed E-state index contributed by atoms with van der Waals surface area (Å²) >= 11 is 0. The zero-order valence-electron chi connectivity index (χ0n) is 13.7. The first-order chi connectivity index (χ1) is 11.7. The summed E-state index contributed by atoms with van der Waals surface area (Å²) in [6, 6.07) is 10.8. The quantitative estimate of drug-likeness (QED) is 0.742. The molecule has 1 aliphatic rings. The standard InChI is InChI=1S/C18H20FN5/c1-2-15-13-18(24-17(21-15)7-8-20-24)23-11-9-22(10-12-23)16-5-3-14(19)4-6-16/h3-8,13H,2,9-12H2,1H3. The molecule has 3 aromatic rings. The zero-order chi connectivity index (χ0) is 16.5. The highest BCUT2D eigenvalue weighted by Gasteiger charge is 2.20. The topological polar surface area (TPSA) is 36.7 Å². The van der Waals surface area contributed by atoms with E-state index >= 15 is 0 Å². The van der Waals surface area contributed by atoms with Crippen LogP contribution < -0.4 is 9.80 Å². The van der Waals surface area contributed by atoms with E-state index in [0.717, 1.165) is 55.4 Å². The second kappa shape index (κ2) is 6.11. The monoisotopic (exact) mass is 325 g/mol. The Bertz CT molecular complexity index is 834. The minimum Gasteiger partial charge on any atom is -0.368 e. The summed E-state index contributed by atoms with van der Waals surface area (Å²) in [5, 5.41) is 4.41. The third kappa shape index (κ3) is 2.68. The number of anilines is 2. The molecule has 5 nitrogen and oxygen atoms in total. The number of aromatic nitrogens is 3. The number of hydrogen-bond donors (Lipinski definition) is 0. The lowest BCUT2D eigenvalue weighted by Crippen LogP contribution is -2.47. The normalized spacial score (nSPS) is 15.2. The molecule has 24 heavy (non-hydrogen) atoms. The maximum atomic E-state index is 13.1. The molecule has 0 saturated carbocycles. The van der Waals surface area contributed by atoms with E-state index in [-0.39, 0.29) is 5.82 Å². The third-order valence-corrected chi connectivity index (χ3v) is 4.55. The van der Waals surface area contributed by atoms with Crippen LogP contribution in [-0.2, 0) is 6.42 Å². The number of benzene rings is 1. The minimum absolute atomic E-state index is 0.192. The van der Waals surface area contributed by atoms with Crippen molar-refractivity contribution >= 4 is 17.2 Å². The fraction of sp³-hybridized carbons (Fsp3) is 0.333. The molecular formula is C18H20FN5. The molecule has 1 saturated heterocycles. The molecule has 1 aromatic carbocycles. The smallest absolute Gasteiger partial charge is 0.157 e. The van der Waals surface area contributed by atoms with E-state index < -0.39 is 0 Å². The van der Waals surface area contributed by atoms with E-state index in [1.54, 1.807) is 6.20 Å². The van der Waals surface area contributed by atoms with Crippen molar-refractivity contribution in [3.8, 4) is 0 Å². The lowest BCUT2D eigenvalue weighted by atomic mass is 10.2. The SMILES string of the molecule is CCc1cc(N2CCN(c3ccc(F)cc3)CC2)n2nccc2n1. The van der Waals surface area contributed by atoms with E-state index in [1.807, 2.05) is 22.7 Å². The summed E-state index contributed by atoms with van der Waals surface area (Å²) in [6.45, 7) is 5.72. The third-order valence-electron chi connectivity index (χ3n) is 4.55. The van der Waals surface area contributed by atoms with Gasteiger partial charge in [0.15, 0.2) is 5.65 Å². The molecule has 3 heterocycles. The van der Waals surface area contributed by atoms with Crippen molar-refractivity contribution in [2.75, 3.05) is 36.0 Å². The Labute approximate surface area is 140 Å². The van der Waals surface area contributed by atoms with Crippen LogP contribution in [0.3, 0.4) is 0 Å². The number of hydrogen-bond acceptors (Lipinski definition) is 4. The van der Waals surface area contributed by atoms with Crippen LogP contribution >= 0.6 is 0 Å². The molecule has 2 aromatic heterocycles. The lowest BCUT2D eigenvalue weighted by molar-refractivity contribution is 0.622. The lowest BCUT2D eigenvalue weighted by Gasteiger charge is -2.37. The second-order valence-electron chi connectivity index (χ2n) is 6.01. The van der Waals surface area contributed by atoms with Crippen molar-refractivity contribution in [3.05, 3.63) is 54.1 Å². The van der Waals surface area contributed by atoms with Gasteiger partial charge in [-0.15, -0.1) is 0 Å². The Morgan fingerprint density at radius 1 is 1.00 bits per heavy atom. The molecule has 4 rings (SSSR count). The maximum Gasteiger partial charge on any atom is 0.157 e. The number of piperazine rings is 1. The summed E-state index contributed by atoms with van der Waals surface area (Å²) < 4.78 is 15.0. The Morgan fingerprint density at radius 2 is 1.71 bits per heavy atom. The number of fused-ring (bicyclic) bond motifs is 1. The highest BCUT2D eigenvalue weighted by atomic mass is 19.1. The van der Waals surface area contributed by atoms with Crippen LogP contribution in [0.15, 0.2) is 42.6 Å². The molecule has 0 amide bonds. The molecule has 1 fully saturated rings. The Balaban J connectivity index is 1.55. The molecule has 0 unspecified atom stereocenters. The molecule has 0 N–H and O–H groups in total. The van der Waals surface area contributed by atoms with Gasteiger partial charge in [0.05, 0.1) is 6.20 Å². The summed E-state index contributed by atoms with van der Waals surface area (Å²) in [4.78, 5) is 9.25. The number of nitrogens with zero attached hydrogens (tertiary/aromatic N) is 5. The minimum atomic E-state index is -0.192. The Morgan fingerprint density at radius 3 is 2.42 bits per heavy atom. The summed E-state index contributed by atoms with van der Waals surface area (Å²) in [7, 11) is 0. The van der Waals surface area contributed by atoms with Crippen molar-refractivity contribution < 1.29 is 4.39 Å². The van der Waals surface area contributed by atoms with E-state index in [1.165, 1.54) is 12.1 Å². The predicted octanol–water partition coefficient (Wildman–Crippen LogP) is 2.76. The zero-order valence-corrected chi connectivity index (χ0v) is 13.7. The van der Waals surface area contributed by atoms with E-state index in [2.05, 4.69) is 32.9 Å². The molecule has 0 aliphatic carbocycles. The number of aryl methyl sites for hydroxylation is 1. The van der Waals surface area contributed by atoms with Gasteiger partial charge >= 0.3 is 0 Å². The highest BCUT2D eigenvalue weighted by molar-refractivity contribution is 5.53. The molecule has 1 aliphatic heterocycles. The van der Waals surface area contributed by atoms with Crippen LogP contribution in [0.4, 0.5) is 15.9 Å². The Kier molecular flexibility index (Phi) is 3.80. The van der Waals surface area contributed by atoms with Crippen LogP contribution in [-0.4, -0.2) is 40.8 Å². The van der Waals surface area contributed by atoms with Gasteiger partial charge in [0.25, 0.3) is 0 Å². The van der Waals surface area contributed by atoms with Gasteiger partial charge in [-0.2, -0.15) is 9.61 Å². The summed E-state index contributed by atoms with van der Waals surface area (Å²) in [6.07, 6.45) is 2.70. The molecule has 0 bridgehead atoms. The summed E-state index contributed by atoms with van der Waals surface area (Å²) in [5.74, 6) is 0.906. The van der Waals surface area contributed by atoms with Crippen LogP contribution in [0.2, 0.25) is 0 Å². The average molecular weight is 325 g/mol. The van der Waals surface area contributed by atoms with Crippen molar-refractivity contribution in [2.24, 2.45) is 0 Å². The molecule has 124 valence electrons. The fourth-order valence-corrected chi connectivity index (χ4v) is 3.20. The van der Waals surface area contributed by atoms with E-state index in [9.17, 15) is 4.39 Å². The van der Waals surface area contributed by atoms with E-state index in [4.69, 9.17) is 0 Å². The fourth-order valence-electron chi connectivity index (χ4n) is 3.20. The van der Waals surface area contributed by atoms with Crippen LogP contribution in [0, 0.1) is 5.82 Å². The van der Waals surface area contributed by atoms with Crippen molar-refractivity contribution in [1.29, 1.82) is 0 Å². The second-order valence-corrected chi connectivity index (χ2v) is 6.01. The van der Waals surface area contributed by atoms with Crippen molar-refractivity contribution in [3.63, 3.8) is 0 Å². The molecule has 0 atom stereocenters. The number of halogens is 1. The van der Waals surface area contributed by atoms with Crippen molar-refractivity contribution in [1.82, 2.24) is 14.6 Å². The van der Waals surface area contributed by atoms with Gasteiger partial charge in [0, 0.05) is 49.7 Å². The maximum absolute atomic E-state index is 13.1. The highest BCUT2D eigenvalue weighted by Crippen LogP contribution is 2.22. The average Bonchev–Trinajstić information content (AvgIpc) is 3.10. The first-order valence-corrected chi connectivity index (χ1v) is 8.34. The van der Waals surface area contributed by atoms with Gasteiger partial charge in [-0.05, 0) is 30.7 Å². The van der Waals surface area contributed by atoms with E-state index in [0.29, 0.717) is 0 Å². The van der Waals surface area contributed by atoms with Crippen molar-refractivity contribution in [2.45, 2.75) is 13.3 Å². The van der Waals surface area contributed by atoms with Gasteiger partial charge in [0.2, 0.25) is 0 Å². The molecule has 0 radical (unpaired) electrons. The van der Waals surface area contributed by atoms with Gasteiger partial charge < -0.3 is 9.80 Å². The summed E-state index contributed by atoms with van der Waals surface area (Å²) in [5.41, 5.74) is 3.05. The molecule has 0 spiro atoms. The Hall–Kier alpha value is -2.63. The molecule has 6 heteroatoms. The first kappa shape index (κ1) is 14.9. The van der Waals surface area contributed by atoms with Crippen LogP contribution in [0.1, 0.15) is 12.6 Å². The van der Waals surface area contributed by atoms with Crippen LogP contribution in [0.25, 0.3) is 5.65 Å². The van der Waals surface area contributed by atoms with Gasteiger partial charge in [-0.25, -0.2) is 9.37 Å².